The second kappa shape index (κ2) is 17.3. The number of nitrogens with zero attached hydrogens (tertiary/aromatic N) is 5. The highest BCUT2D eigenvalue weighted by molar-refractivity contribution is 6.30. The van der Waals surface area contributed by atoms with Crippen LogP contribution in [0.2, 0.25) is 5.02 Å². The van der Waals surface area contributed by atoms with Crippen LogP contribution in [0, 0.1) is 0 Å². The first-order chi connectivity index (χ1) is 24.5. The maximum Gasteiger partial charge on any atom is 0.411 e. The summed E-state index contributed by atoms with van der Waals surface area (Å²) < 4.78 is 61.4. The van der Waals surface area contributed by atoms with E-state index >= 15 is 0 Å². The number of imidazole rings is 1. The number of benzene rings is 3. The summed E-state index contributed by atoms with van der Waals surface area (Å²) in [4.78, 5) is 24.9. The van der Waals surface area contributed by atoms with Crippen molar-refractivity contribution < 1.29 is 36.9 Å². The van der Waals surface area contributed by atoms with E-state index < -0.39 is 12.8 Å². The predicted octanol–water partition coefficient (Wildman–Crippen LogP) is 6.75. The number of ether oxygens (including phenoxy) is 4. The number of alkyl halides is 3. The average Bonchev–Trinajstić information content (AvgIpc) is 3.32. The van der Waals surface area contributed by atoms with Crippen molar-refractivity contribution in [2.75, 3.05) is 85.8 Å². The summed E-state index contributed by atoms with van der Waals surface area (Å²) in [7, 11) is 6.34. The van der Waals surface area contributed by atoms with Gasteiger partial charge in [0.15, 0.2) is 11.5 Å². The minimum atomic E-state index is -4.37. The molecule has 276 valence electrons. The van der Waals surface area contributed by atoms with Crippen LogP contribution in [0.25, 0.3) is 11.0 Å². The number of halogens is 4. The normalized spacial score (nSPS) is 14.7. The Morgan fingerprint density at radius 2 is 1.65 bits per heavy atom. The molecule has 1 aliphatic heterocycles. The molecule has 0 N–H and O–H groups in total. The number of methoxy groups -OCH3 is 3. The second-order valence-electron chi connectivity index (χ2n) is 12.5. The molecular formula is C37H45ClF3N5O5. The smallest absolute Gasteiger partial charge is 0.411 e. The van der Waals surface area contributed by atoms with Crippen LogP contribution in [0.3, 0.4) is 0 Å². The zero-order chi connectivity index (χ0) is 36.5. The van der Waals surface area contributed by atoms with Gasteiger partial charge in [-0.3, -0.25) is 4.79 Å². The summed E-state index contributed by atoms with van der Waals surface area (Å²) in [6, 6.07) is 18.7. The highest BCUT2D eigenvalue weighted by Crippen LogP contribution is 2.38. The molecule has 0 bridgehead atoms. The SMILES string of the molecule is COc1cc(C(=O)N(C)CC(CCN2CCCN(c3nc4ccccc4n3CCOCC(F)(F)F)CC2)c2ccc(Cl)cc2)cc(OC)c1OC. The van der Waals surface area contributed by atoms with Gasteiger partial charge in [-0.05, 0) is 67.9 Å². The highest BCUT2D eigenvalue weighted by atomic mass is 35.5. The second-order valence-corrected chi connectivity index (χ2v) is 13.0. The number of rotatable bonds is 15. The van der Waals surface area contributed by atoms with E-state index in [4.69, 9.17) is 35.5 Å². The van der Waals surface area contributed by atoms with E-state index in [0.29, 0.717) is 40.9 Å². The maximum absolute atomic E-state index is 13.7. The summed E-state index contributed by atoms with van der Waals surface area (Å²) >= 11 is 6.24. The van der Waals surface area contributed by atoms with Crippen molar-refractivity contribution in [1.29, 1.82) is 0 Å². The number of likely N-dealkylation sites (N-methyl/N-ethyl adjacent to an activating group) is 1. The van der Waals surface area contributed by atoms with Gasteiger partial charge in [-0.2, -0.15) is 13.2 Å². The Hall–Kier alpha value is -4.20. The monoisotopic (exact) mass is 731 g/mol. The third kappa shape index (κ3) is 9.78. The number of hydrogen-bond acceptors (Lipinski definition) is 8. The van der Waals surface area contributed by atoms with Crippen LogP contribution in [0.15, 0.2) is 60.7 Å². The lowest BCUT2D eigenvalue weighted by Gasteiger charge is -2.28. The number of para-hydroxylation sites is 2. The van der Waals surface area contributed by atoms with Crippen molar-refractivity contribution in [3.8, 4) is 17.2 Å². The number of carbonyl (C=O) groups is 1. The Kier molecular flexibility index (Phi) is 12.9. The maximum atomic E-state index is 13.7. The molecule has 1 atom stereocenters. The van der Waals surface area contributed by atoms with Gasteiger partial charge in [0.2, 0.25) is 11.7 Å². The van der Waals surface area contributed by atoms with E-state index in [1.165, 1.54) is 21.3 Å². The number of fused-ring (bicyclic) bond motifs is 1. The van der Waals surface area contributed by atoms with Crippen LogP contribution in [-0.4, -0.2) is 112 Å². The molecule has 1 fully saturated rings. The predicted molar refractivity (Wildman–Crippen MR) is 192 cm³/mol. The minimum Gasteiger partial charge on any atom is -0.493 e. The van der Waals surface area contributed by atoms with E-state index in [2.05, 4.69) is 9.80 Å². The quantitative estimate of drug-likeness (QED) is 0.124. The molecule has 4 aromatic rings. The highest BCUT2D eigenvalue weighted by Gasteiger charge is 2.28. The molecular weight excluding hydrogens is 687 g/mol. The number of aromatic nitrogens is 2. The average molecular weight is 732 g/mol. The standard InChI is InChI=1S/C37H45ClF3N5O5/c1-43(35(47)28-22-32(48-2)34(50-4)33(23-28)49-3)24-27(26-10-12-29(38)13-11-26)14-17-44-15-7-16-45(19-18-44)36-42-30-8-5-6-9-31(30)46(36)20-21-51-25-37(39,40)41/h5-6,8-13,22-23,27H,7,14-21,24-25H2,1-4H3. The zero-order valence-corrected chi connectivity index (χ0v) is 30.2. The van der Waals surface area contributed by atoms with Gasteiger partial charge >= 0.3 is 6.18 Å². The van der Waals surface area contributed by atoms with E-state index in [1.807, 2.05) is 53.1 Å². The zero-order valence-electron chi connectivity index (χ0n) is 29.4. The van der Waals surface area contributed by atoms with Crippen molar-refractivity contribution in [3.63, 3.8) is 0 Å². The summed E-state index contributed by atoms with van der Waals surface area (Å²) in [6.07, 6.45) is -2.69. The van der Waals surface area contributed by atoms with E-state index in [1.54, 1.807) is 24.1 Å². The number of anilines is 1. The van der Waals surface area contributed by atoms with Gasteiger partial charge in [0.1, 0.15) is 6.61 Å². The molecule has 1 saturated heterocycles. The van der Waals surface area contributed by atoms with Crippen LogP contribution < -0.4 is 19.1 Å². The van der Waals surface area contributed by atoms with Gasteiger partial charge < -0.3 is 38.2 Å². The summed E-state index contributed by atoms with van der Waals surface area (Å²) in [5, 5.41) is 0.643. The molecule has 1 aromatic heterocycles. The van der Waals surface area contributed by atoms with Crippen molar-refractivity contribution in [2.45, 2.75) is 31.5 Å². The molecule has 1 aliphatic rings. The molecule has 0 saturated carbocycles. The molecule has 1 unspecified atom stereocenters. The van der Waals surface area contributed by atoms with Crippen LogP contribution in [0.1, 0.15) is 34.7 Å². The molecule has 10 nitrogen and oxygen atoms in total. The molecule has 5 rings (SSSR count). The largest absolute Gasteiger partial charge is 0.493 e. The van der Waals surface area contributed by atoms with Crippen molar-refractivity contribution in [2.24, 2.45) is 0 Å². The van der Waals surface area contributed by atoms with Gasteiger partial charge in [-0.1, -0.05) is 35.9 Å². The fourth-order valence-electron chi connectivity index (χ4n) is 6.54. The fourth-order valence-corrected chi connectivity index (χ4v) is 6.66. The molecule has 3 aromatic carbocycles. The van der Waals surface area contributed by atoms with E-state index in [-0.39, 0.29) is 25.0 Å². The van der Waals surface area contributed by atoms with E-state index in [0.717, 1.165) is 61.6 Å². The van der Waals surface area contributed by atoms with Gasteiger partial charge in [0, 0.05) is 56.3 Å². The molecule has 0 aliphatic carbocycles. The molecule has 1 amide bonds. The fraction of sp³-hybridized carbons (Fsp3) is 0.459. The van der Waals surface area contributed by atoms with Crippen molar-refractivity contribution in [1.82, 2.24) is 19.4 Å². The number of amides is 1. The van der Waals surface area contributed by atoms with Crippen molar-refractivity contribution >= 4 is 34.5 Å². The lowest BCUT2D eigenvalue weighted by Crippen LogP contribution is -2.35. The topological polar surface area (TPSA) is 81.5 Å². The lowest BCUT2D eigenvalue weighted by atomic mass is 9.94. The molecule has 0 radical (unpaired) electrons. The lowest BCUT2D eigenvalue weighted by molar-refractivity contribution is -0.174. The third-order valence-electron chi connectivity index (χ3n) is 9.12. The molecule has 14 heteroatoms. The first kappa shape index (κ1) is 38.0. The summed E-state index contributed by atoms with van der Waals surface area (Å²) in [5.41, 5.74) is 3.16. The van der Waals surface area contributed by atoms with Gasteiger partial charge in [0.25, 0.3) is 5.91 Å². The van der Waals surface area contributed by atoms with Crippen LogP contribution in [-0.2, 0) is 11.3 Å². The Bertz CT molecular complexity index is 1730. The molecule has 0 spiro atoms. The molecule has 2 heterocycles. The first-order valence-electron chi connectivity index (χ1n) is 16.9. The van der Waals surface area contributed by atoms with Crippen molar-refractivity contribution in [3.05, 3.63) is 76.8 Å². The Morgan fingerprint density at radius 1 is 0.941 bits per heavy atom. The summed E-state index contributed by atoms with van der Waals surface area (Å²) in [6.45, 7) is 3.30. The van der Waals surface area contributed by atoms with Crippen LogP contribution >= 0.6 is 11.6 Å². The minimum absolute atomic E-state index is 0.0264. The first-order valence-corrected chi connectivity index (χ1v) is 17.3. The van der Waals surface area contributed by atoms with Crippen LogP contribution in [0.4, 0.5) is 19.1 Å². The van der Waals surface area contributed by atoms with Gasteiger partial charge in [-0.25, -0.2) is 4.98 Å². The summed E-state index contributed by atoms with van der Waals surface area (Å²) in [5.74, 6) is 1.82. The molecule has 51 heavy (non-hydrogen) atoms. The number of carbonyl (C=O) groups excluding carboxylic acids is 1. The van der Waals surface area contributed by atoms with Gasteiger partial charge in [-0.15, -0.1) is 0 Å². The van der Waals surface area contributed by atoms with Gasteiger partial charge in [0.05, 0.1) is 39.0 Å². The Labute approximate surface area is 301 Å². The van der Waals surface area contributed by atoms with Crippen LogP contribution in [0.5, 0.6) is 17.2 Å². The Balaban J connectivity index is 1.26. The third-order valence-corrected chi connectivity index (χ3v) is 9.37. The van der Waals surface area contributed by atoms with E-state index in [9.17, 15) is 18.0 Å². The number of hydrogen-bond donors (Lipinski definition) is 0. The Morgan fingerprint density at radius 3 is 2.31 bits per heavy atom.